The summed E-state index contributed by atoms with van der Waals surface area (Å²) in [6, 6.07) is 33.2. The summed E-state index contributed by atoms with van der Waals surface area (Å²) in [6.45, 7) is 4.65. The standard InChI is InChI=1S/C30H21N/c1-30(2)25-12-6-5-10-21(25)23-16-18(14-15-26(23)30)28-17-24-20-9-4-3-8-19(20)22-11-7-13-27(31-28)29(22)24/h3-17H,1-2H3. The third kappa shape index (κ3) is 2.13. The van der Waals surface area contributed by atoms with E-state index in [1.54, 1.807) is 0 Å². The molecule has 0 saturated heterocycles. The van der Waals surface area contributed by atoms with Crippen LogP contribution in [0.15, 0.2) is 91.0 Å². The number of nitrogens with zero attached hydrogens (tertiary/aromatic N) is 1. The summed E-state index contributed by atoms with van der Waals surface area (Å²) >= 11 is 0. The summed E-state index contributed by atoms with van der Waals surface area (Å²) in [7, 11) is 0. The molecule has 1 nitrogen and oxygen atoms in total. The maximum atomic E-state index is 5.11. The van der Waals surface area contributed by atoms with Gasteiger partial charge in [-0.25, -0.2) is 4.98 Å². The first-order chi connectivity index (χ1) is 15.1. The maximum Gasteiger partial charge on any atom is 0.0722 e. The Hall–Kier alpha value is -3.71. The highest BCUT2D eigenvalue weighted by Crippen LogP contribution is 2.51. The van der Waals surface area contributed by atoms with Gasteiger partial charge in [0.1, 0.15) is 0 Å². The summed E-state index contributed by atoms with van der Waals surface area (Å²) in [6.07, 6.45) is 0. The Balaban J connectivity index is 1.48. The van der Waals surface area contributed by atoms with Gasteiger partial charge in [-0.15, -0.1) is 0 Å². The molecule has 1 heterocycles. The minimum atomic E-state index is 0.0309. The van der Waals surface area contributed by atoms with Gasteiger partial charge in [0.2, 0.25) is 0 Å². The lowest BCUT2D eigenvalue weighted by Gasteiger charge is -2.21. The van der Waals surface area contributed by atoms with Crippen molar-refractivity contribution in [2.45, 2.75) is 19.3 Å². The predicted octanol–water partition coefficient (Wildman–Crippen LogP) is 7.86. The molecule has 7 rings (SSSR count). The van der Waals surface area contributed by atoms with Crippen LogP contribution in [0.2, 0.25) is 0 Å². The van der Waals surface area contributed by atoms with Crippen molar-refractivity contribution in [1.82, 2.24) is 4.98 Å². The molecule has 0 spiro atoms. The Bertz CT molecular complexity index is 1550. The van der Waals surface area contributed by atoms with Crippen LogP contribution in [0.1, 0.15) is 25.0 Å². The summed E-state index contributed by atoms with van der Waals surface area (Å²) in [5.41, 5.74) is 14.0. The Morgan fingerprint density at radius 1 is 0.548 bits per heavy atom. The molecule has 2 aliphatic rings. The van der Waals surface area contributed by atoms with Gasteiger partial charge >= 0.3 is 0 Å². The van der Waals surface area contributed by atoms with Gasteiger partial charge in [-0.05, 0) is 62.7 Å². The van der Waals surface area contributed by atoms with E-state index >= 15 is 0 Å². The SMILES string of the molecule is CC1(C)c2ccccc2-c2cc(-c3cc4c5c(cccc5n3)-c3ccccc3-4)ccc21. The highest BCUT2D eigenvalue weighted by Gasteiger charge is 2.35. The highest BCUT2D eigenvalue weighted by molar-refractivity contribution is 6.14. The Morgan fingerprint density at radius 3 is 2.06 bits per heavy atom. The van der Waals surface area contributed by atoms with Crippen LogP contribution < -0.4 is 0 Å². The Morgan fingerprint density at radius 2 is 1.23 bits per heavy atom. The summed E-state index contributed by atoms with van der Waals surface area (Å²) in [4.78, 5) is 5.11. The second-order valence-corrected chi connectivity index (χ2v) is 9.23. The second-order valence-electron chi connectivity index (χ2n) is 9.23. The molecule has 5 aromatic rings. The molecule has 0 amide bonds. The summed E-state index contributed by atoms with van der Waals surface area (Å²) in [5, 5.41) is 1.28. The van der Waals surface area contributed by atoms with Crippen LogP contribution >= 0.6 is 0 Å². The number of hydrogen-bond acceptors (Lipinski definition) is 1. The largest absolute Gasteiger partial charge is 0.248 e. The summed E-state index contributed by atoms with van der Waals surface area (Å²) < 4.78 is 0. The molecule has 1 heteroatoms. The number of benzene rings is 4. The lowest BCUT2D eigenvalue weighted by molar-refractivity contribution is 0.660. The van der Waals surface area contributed by atoms with Gasteiger partial charge in [-0.3, -0.25) is 0 Å². The normalized spacial score (nSPS) is 14.4. The van der Waals surface area contributed by atoms with Crippen LogP contribution in [-0.2, 0) is 5.41 Å². The van der Waals surface area contributed by atoms with Crippen molar-refractivity contribution in [2.24, 2.45) is 0 Å². The number of rotatable bonds is 1. The quantitative estimate of drug-likeness (QED) is 0.276. The van der Waals surface area contributed by atoms with Crippen LogP contribution in [0.4, 0.5) is 0 Å². The van der Waals surface area contributed by atoms with Crippen molar-refractivity contribution in [3.63, 3.8) is 0 Å². The van der Waals surface area contributed by atoms with Crippen molar-refractivity contribution in [3.05, 3.63) is 102 Å². The van der Waals surface area contributed by atoms with Crippen molar-refractivity contribution in [2.75, 3.05) is 0 Å². The predicted molar refractivity (Wildman–Crippen MR) is 129 cm³/mol. The molecule has 146 valence electrons. The van der Waals surface area contributed by atoms with Crippen molar-refractivity contribution in [3.8, 4) is 44.6 Å². The minimum Gasteiger partial charge on any atom is -0.248 e. The smallest absolute Gasteiger partial charge is 0.0722 e. The summed E-state index contributed by atoms with van der Waals surface area (Å²) in [5.74, 6) is 0. The first-order valence-electron chi connectivity index (χ1n) is 10.9. The van der Waals surface area contributed by atoms with Crippen LogP contribution in [0.25, 0.3) is 55.5 Å². The molecular weight excluding hydrogens is 374 g/mol. The zero-order chi connectivity index (χ0) is 20.7. The molecule has 0 aliphatic heterocycles. The topological polar surface area (TPSA) is 12.9 Å². The van der Waals surface area contributed by atoms with Crippen LogP contribution in [0.3, 0.4) is 0 Å². The van der Waals surface area contributed by atoms with E-state index in [2.05, 4.69) is 105 Å². The number of aromatic nitrogens is 1. The van der Waals surface area contributed by atoms with Gasteiger partial charge in [-0.2, -0.15) is 0 Å². The zero-order valence-corrected chi connectivity index (χ0v) is 17.6. The van der Waals surface area contributed by atoms with Gasteiger partial charge in [0.05, 0.1) is 11.2 Å². The second kappa shape index (κ2) is 5.70. The molecule has 0 bridgehead atoms. The number of fused-ring (bicyclic) bond motifs is 6. The molecule has 0 atom stereocenters. The van der Waals surface area contributed by atoms with Crippen LogP contribution in [0.5, 0.6) is 0 Å². The fourth-order valence-corrected chi connectivity index (χ4v) is 5.70. The van der Waals surface area contributed by atoms with E-state index in [9.17, 15) is 0 Å². The molecule has 2 aliphatic carbocycles. The van der Waals surface area contributed by atoms with Gasteiger partial charge < -0.3 is 0 Å². The lowest BCUT2D eigenvalue weighted by atomic mass is 9.82. The van der Waals surface area contributed by atoms with E-state index in [1.165, 1.54) is 55.5 Å². The third-order valence-electron chi connectivity index (χ3n) is 7.22. The molecule has 4 aromatic carbocycles. The molecule has 0 N–H and O–H groups in total. The fourth-order valence-electron chi connectivity index (χ4n) is 5.70. The number of pyridine rings is 1. The Labute approximate surface area is 182 Å². The first kappa shape index (κ1) is 17.0. The van der Waals surface area contributed by atoms with Crippen molar-refractivity contribution in [1.29, 1.82) is 0 Å². The van der Waals surface area contributed by atoms with Crippen LogP contribution in [-0.4, -0.2) is 4.98 Å². The third-order valence-corrected chi connectivity index (χ3v) is 7.22. The lowest BCUT2D eigenvalue weighted by Crippen LogP contribution is -2.14. The maximum absolute atomic E-state index is 5.11. The molecule has 31 heavy (non-hydrogen) atoms. The van der Waals surface area contributed by atoms with E-state index in [0.29, 0.717) is 0 Å². The van der Waals surface area contributed by atoms with Gasteiger partial charge in [-0.1, -0.05) is 86.6 Å². The monoisotopic (exact) mass is 395 g/mol. The molecular formula is C30H21N. The van der Waals surface area contributed by atoms with E-state index in [4.69, 9.17) is 4.98 Å². The van der Waals surface area contributed by atoms with E-state index in [-0.39, 0.29) is 5.41 Å². The fraction of sp³-hybridized carbons (Fsp3) is 0.100. The van der Waals surface area contributed by atoms with Crippen LogP contribution in [0, 0.1) is 0 Å². The molecule has 0 saturated carbocycles. The van der Waals surface area contributed by atoms with E-state index < -0.39 is 0 Å². The molecule has 1 aromatic heterocycles. The first-order valence-corrected chi connectivity index (χ1v) is 10.9. The number of hydrogen-bond donors (Lipinski definition) is 0. The molecule has 0 fully saturated rings. The molecule has 0 unspecified atom stereocenters. The molecule has 0 radical (unpaired) electrons. The highest BCUT2D eigenvalue weighted by atomic mass is 14.7. The average molecular weight is 396 g/mol. The minimum absolute atomic E-state index is 0.0309. The van der Waals surface area contributed by atoms with E-state index in [0.717, 1.165) is 11.2 Å². The van der Waals surface area contributed by atoms with Crippen molar-refractivity contribution >= 4 is 10.9 Å². The Kier molecular flexibility index (Phi) is 3.13. The zero-order valence-electron chi connectivity index (χ0n) is 17.6. The average Bonchev–Trinajstić information content (AvgIpc) is 3.25. The van der Waals surface area contributed by atoms with Gasteiger partial charge in [0.25, 0.3) is 0 Å². The van der Waals surface area contributed by atoms with Crippen molar-refractivity contribution < 1.29 is 0 Å². The van der Waals surface area contributed by atoms with Gasteiger partial charge in [0.15, 0.2) is 0 Å². The van der Waals surface area contributed by atoms with Gasteiger partial charge in [0, 0.05) is 16.4 Å². The van der Waals surface area contributed by atoms with E-state index in [1.807, 2.05) is 0 Å².